The normalized spacial score (nSPS) is 25.6. The zero-order chi connectivity index (χ0) is 17.6. The summed E-state index contributed by atoms with van der Waals surface area (Å²) in [7, 11) is 0. The Bertz CT molecular complexity index is 678. The van der Waals surface area contributed by atoms with Crippen LogP contribution in [0.1, 0.15) is 37.7 Å². The zero-order valence-electron chi connectivity index (χ0n) is 14.2. The molecule has 4 rings (SSSR count). The number of rotatable bonds is 5. The van der Waals surface area contributed by atoms with E-state index in [2.05, 4.69) is 20.0 Å². The number of hydrogen-bond donors (Lipinski definition) is 2. The van der Waals surface area contributed by atoms with Crippen LogP contribution in [0.2, 0.25) is 0 Å². The van der Waals surface area contributed by atoms with Crippen molar-refractivity contribution in [3.8, 4) is 0 Å². The molecule has 136 valence electrons. The lowest BCUT2D eigenvalue weighted by atomic mass is 9.91. The second-order valence-corrected chi connectivity index (χ2v) is 6.82. The minimum Gasteiger partial charge on any atom is -0.483 e. The Kier molecular flexibility index (Phi) is 5.93. The van der Waals surface area contributed by atoms with Crippen molar-refractivity contribution in [3.63, 3.8) is 0 Å². The van der Waals surface area contributed by atoms with Crippen LogP contribution >= 0.6 is 0 Å². The molecule has 8 heteroatoms. The topological polar surface area (TPSA) is 104 Å². The summed E-state index contributed by atoms with van der Waals surface area (Å²) in [6.45, 7) is 1.27. The first-order chi connectivity index (χ1) is 12.2. The molecule has 0 radical (unpaired) electrons. The van der Waals surface area contributed by atoms with Gasteiger partial charge in [0, 0.05) is 31.1 Å². The Morgan fingerprint density at radius 2 is 1.96 bits per heavy atom. The third-order valence-electron chi connectivity index (χ3n) is 5.31. The average Bonchev–Trinajstić information content (AvgIpc) is 3.17. The highest BCUT2D eigenvalue weighted by Gasteiger charge is 2.39. The van der Waals surface area contributed by atoms with E-state index in [1.54, 1.807) is 4.52 Å². The number of carboxylic acid groups (broad SMARTS) is 1. The molecule has 2 aromatic heterocycles. The molecule has 8 nitrogen and oxygen atoms in total. The van der Waals surface area contributed by atoms with Crippen LogP contribution in [0.4, 0.5) is 0 Å². The summed E-state index contributed by atoms with van der Waals surface area (Å²) in [5.41, 5.74) is 1.22. The number of fused-ring (bicyclic) bond motifs is 3. The molecule has 0 aliphatic carbocycles. The third kappa shape index (κ3) is 4.13. The monoisotopic (exact) mass is 347 g/mol. The van der Waals surface area contributed by atoms with E-state index in [1.807, 2.05) is 12.4 Å². The van der Waals surface area contributed by atoms with Gasteiger partial charge in [-0.25, -0.2) is 9.50 Å². The minimum atomic E-state index is -0.250. The predicted molar refractivity (Wildman–Crippen MR) is 91.1 cm³/mol. The second kappa shape index (κ2) is 8.35. The van der Waals surface area contributed by atoms with E-state index in [9.17, 15) is 5.11 Å². The summed E-state index contributed by atoms with van der Waals surface area (Å²) in [6.07, 6.45) is 12.6. The lowest BCUT2D eigenvalue weighted by Crippen LogP contribution is -2.44. The second-order valence-electron chi connectivity index (χ2n) is 6.82. The lowest BCUT2D eigenvalue weighted by Gasteiger charge is -2.38. The number of hydrogen-bond acceptors (Lipinski definition) is 6. The van der Waals surface area contributed by atoms with E-state index in [0.717, 1.165) is 19.4 Å². The Morgan fingerprint density at radius 3 is 2.64 bits per heavy atom. The molecule has 2 N–H and O–H groups in total. The fourth-order valence-corrected chi connectivity index (χ4v) is 4.25. The molecule has 2 saturated heterocycles. The molecule has 0 saturated carbocycles. The highest BCUT2D eigenvalue weighted by atomic mass is 16.3. The van der Waals surface area contributed by atoms with Gasteiger partial charge in [0.15, 0.2) is 0 Å². The predicted octanol–water partition coefficient (Wildman–Crippen LogP) is 0.993. The molecule has 2 aromatic rings. The van der Waals surface area contributed by atoms with Crippen molar-refractivity contribution < 1.29 is 15.0 Å². The summed E-state index contributed by atoms with van der Waals surface area (Å²) < 4.78 is 1.74. The van der Waals surface area contributed by atoms with Gasteiger partial charge in [0.2, 0.25) is 0 Å². The fourth-order valence-electron chi connectivity index (χ4n) is 4.25. The van der Waals surface area contributed by atoms with Crippen molar-refractivity contribution in [2.24, 2.45) is 5.92 Å². The summed E-state index contributed by atoms with van der Waals surface area (Å²) >= 11 is 0. The van der Waals surface area contributed by atoms with Crippen LogP contribution in [0.5, 0.6) is 0 Å². The number of aliphatic hydroxyl groups is 1. The summed E-state index contributed by atoms with van der Waals surface area (Å²) in [5, 5.41) is 20.4. The molecule has 25 heavy (non-hydrogen) atoms. The quantitative estimate of drug-likeness (QED) is 0.777. The first-order valence-corrected chi connectivity index (χ1v) is 8.84. The number of aryl methyl sites for hydroxylation is 1. The molecule has 0 amide bonds. The molecular weight excluding hydrogens is 322 g/mol. The van der Waals surface area contributed by atoms with Gasteiger partial charge in [-0.2, -0.15) is 10.1 Å². The molecule has 2 fully saturated rings. The van der Waals surface area contributed by atoms with Crippen LogP contribution in [0, 0.1) is 5.92 Å². The molecule has 0 aromatic carbocycles. The van der Waals surface area contributed by atoms with E-state index >= 15 is 0 Å². The number of carbonyl (C=O) groups is 1. The van der Waals surface area contributed by atoms with Gasteiger partial charge in [-0.3, -0.25) is 9.69 Å². The van der Waals surface area contributed by atoms with Crippen LogP contribution in [0.3, 0.4) is 0 Å². The molecule has 2 aliphatic rings. The van der Waals surface area contributed by atoms with Gasteiger partial charge in [-0.15, -0.1) is 0 Å². The van der Waals surface area contributed by atoms with E-state index in [4.69, 9.17) is 9.90 Å². The Balaban J connectivity index is 0.000000569. The highest BCUT2D eigenvalue weighted by Crippen LogP contribution is 2.38. The van der Waals surface area contributed by atoms with Gasteiger partial charge in [0.25, 0.3) is 12.2 Å². The van der Waals surface area contributed by atoms with Gasteiger partial charge < -0.3 is 10.2 Å². The van der Waals surface area contributed by atoms with Crippen LogP contribution in [0.25, 0.3) is 5.78 Å². The number of aromatic nitrogens is 4. The first-order valence-electron chi connectivity index (χ1n) is 8.84. The SMILES string of the molecule is O=CO.OCC1C[C@H]2CC[C@@H](C1)N2CCCc1cnc2ncnn2c1. The summed E-state index contributed by atoms with van der Waals surface area (Å²) in [5.74, 6) is 1.19. The Morgan fingerprint density at radius 1 is 1.24 bits per heavy atom. The van der Waals surface area contributed by atoms with E-state index in [0.29, 0.717) is 30.4 Å². The van der Waals surface area contributed by atoms with Crippen LogP contribution in [-0.4, -0.2) is 66.4 Å². The third-order valence-corrected chi connectivity index (χ3v) is 5.31. The van der Waals surface area contributed by atoms with E-state index in [1.165, 1.54) is 37.6 Å². The largest absolute Gasteiger partial charge is 0.483 e. The minimum absolute atomic E-state index is 0.250. The average molecular weight is 347 g/mol. The van der Waals surface area contributed by atoms with Gasteiger partial charge in [0.1, 0.15) is 6.33 Å². The standard InChI is InChI=1S/C16H23N5O.CH2O2/c22-10-13-6-14-3-4-15(7-13)20(14)5-1-2-12-8-17-16-18-11-19-21(16)9-12;2-1-3/h8-9,11,13-15,22H,1-7,10H2;1H,(H,2,3)/t13?,14-,15+;. The summed E-state index contributed by atoms with van der Waals surface area (Å²) in [6, 6.07) is 1.40. The highest BCUT2D eigenvalue weighted by molar-refractivity contribution is 5.32. The lowest BCUT2D eigenvalue weighted by molar-refractivity contribution is -0.122. The van der Waals surface area contributed by atoms with Crippen molar-refractivity contribution in [2.75, 3.05) is 13.2 Å². The van der Waals surface area contributed by atoms with E-state index in [-0.39, 0.29) is 6.47 Å². The Hall–Kier alpha value is -2.06. The maximum atomic E-state index is 9.40. The van der Waals surface area contributed by atoms with Crippen molar-refractivity contribution in [1.82, 2.24) is 24.5 Å². The van der Waals surface area contributed by atoms with Gasteiger partial charge in [0.05, 0.1) is 0 Å². The van der Waals surface area contributed by atoms with Crippen LogP contribution < -0.4 is 0 Å². The summed E-state index contributed by atoms with van der Waals surface area (Å²) in [4.78, 5) is 19.4. The number of aliphatic hydroxyl groups excluding tert-OH is 1. The molecule has 2 aliphatic heterocycles. The number of nitrogens with zero attached hydrogens (tertiary/aromatic N) is 5. The maximum absolute atomic E-state index is 9.40. The molecule has 2 bridgehead atoms. The molecule has 0 spiro atoms. The maximum Gasteiger partial charge on any atom is 0.290 e. The van der Waals surface area contributed by atoms with Gasteiger partial charge >= 0.3 is 0 Å². The van der Waals surface area contributed by atoms with Crippen molar-refractivity contribution >= 4 is 12.2 Å². The van der Waals surface area contributed by atoms with Crippen LogP contribution in [-0.2, 0) is 11.2 Å². The number of piperidine rings is 1. The van der Waals surface area contributed by atoms with Crippen molar-refractivity contribution in [1.29, 1.82) is 0 Å². The van der Waals surface area contributed by atoms with Crippen LogP contribution in [0.15, 0.2) is 18.7 Å². The molecular formula is C17H25N5O3. The first kappa shape index (κ1) is 17.8. The van der Waals surface area contributed by atoms with Gasteiger partial charge in [-0.05, 0) is 56.6 Å². The van der Waals surface area contributed by atoms with Crippen molar-refractivity contribution in [3.05, 3.63) is 24.3 Å². The van der Waals surface area contributed by atoms with Crippen molar-refractivity contribution in [2.45, 2.75) is 50.6 Å². The van der Waals surface area contributed by atoms with Gasteiger partial charge in [-0.1, -0.05) is 0 Å². The molecule has 3 atom stereocenters. The smallest absolute Gasteiger partial charge is 0.290 e. The fraction of sp³-hybridized carbons (Fsp3) is 0.647. The molecule has 1 unspecified atom stereocenters. The Labute approximate surface area is 146 Å². The van der Waals surface area contributed by atoms with E-state index < -0.39 is 0 Å². The molecule has 4 heterocycles. The zero-order valence-corrected chi connectivity index (χ0v) is 14.2.